The van der Waals surface area contributed by atoms with Crippen molar-refractivity contribution in [3.05, 3.63) is 86.6 Å². The monoisotopic (exact) mass is 558 g/mol. The molecular weight excluding hydrogens is 528 g/mol. The average Bonchev–Trinajstić information content (AvgIpc) is 3.48. The fourth-order valence-electron chi connectivity index (χ4n) is 5.16. The molecule has 3 aromatic heterocycles. The third-order valence-corrected chi connectivity index (χ3v) is 8.32. The van der Waals surface area contributed by atoms with Crippen LogP contribution in [-0.2, 0) is 22.6 Å². The van der Waals surface area contributed by atoms with E-state index in [1.54, 1.807) is 16.2 Å². The first-order chi connectivity index (χ1) is 19.4. The number of fused-ring (bicyclic) bond motifs is 2. The minimum absolute atomic E-state index is 0.167. The fourth-order valence-corrected chi connectivity index (χ4v) is 6.13. The number of ether oxygens (including phenoxy) is 1. The van der Waals surface area contributed by atoms with E-state index in [9.17, 15) is 14.4 Å². The number of amides is 1. The van der Waals surface area contributed by atoms with Crippen molar-refractivity contribution in [1.29, 1.82) is 0 Å². The second kappa shape index (κ2) is 10.8. The number of morpholine rings is 1. The Labute approximate surface area is 234 Å². The van der Waals surface area contributed by atoms with E-state index >= 15 is 0 Å². The Kier molecular flexibility index (Phi) is 7.09. The van der Waals surface area contributed by atoms with Gasteiger partial charge in [0.25, 0.3) is 11.1 Å². The van der Waals surface area contributed by atoms with Crippen molar-refractivity contribution in [3.8, 4) is 5.13 Å². The number of nitrogens with one attached hydrogen (secondary N) is 1. The van der Waals surface area contributed by atoms with Gasteiger partial charge >= 0.3 is 0 Å². The van der Waals surface area contributed by atoms with Gasteiger partial charge in [-0.1, -0.05) is 41.2 Å². The smallest absolute Gasteiger partial charge is 0.283 e. The fraction of sp³-hybridized carbons (Fsp3) is 0.310. The van der Waals surface area contributed by atoms with Crippen molar-refractivity contribution in [1.82, 2.24) is 23.8 Å². The van der Waals surface area contributed by atoms with Crippen LogP contribution in [0.3, 0.4) is 0 Å². The second-order valence-electron chi connectivity index (χ2n) is 9.99. The molecule has 10 nitrogen and oxygen atoms in total. The van der Waals surface area contributed by atoms with Crippen LogP contribution in [0.2, 0.25) is 0 Å². The molecule has 1 aliphatic heterocycles. The van der Waals surface area contributed by atoms with Gasteiger partial charge in [-0.2, -0.15) is 4.68 Å². The Balaban J connectivity index is 1.44. The third-order valence-electron chi connectivity index (χ3n) is 7.31. The quantitative estimate of drug-likeness (QED) is 0.329. The van der Waals surface area contributed by atoms with E-state index in [-0.39, 0.29) is 23.6 Å². The minimum Gasteiger partial charge on any atom is -0.379 e. The number of carbonyl (C=O) groups is 1. The molecule has 1 aliphatic rings. The Morgan fingerprint density at radius 2 is 1.77 bits per heavy atom. The lowest BCUT2D eigenvalue weighted by Gasteiger charge is -2.27. The summed E-state index contributed by atoms with van der Waals surface area (Å²) in [6, 6.07) is 16.6. The number of benzene rings is 2. The van der Waals surface area contributed by atoms with Crippen LogP contribution in [0.5, 0.6) is 0 Å². The molecule has 1 N–H and O–H groups in total. The van der Waals surface area contributed by atoms with E-state index in [1.807, 2.05) is 55.5 Å². The standard InChI is InChI=1S/C29H30N6O4S/c1-19-7-9-21(10-8-19)30-25(36)18-34-23-17-26(37)33(12-11-32-13-15-39-16-14-32)20(2)27(23)28(38)35(34)29-31-22-5-3-4-6-24(22)40-29/h3-10,17H,11-16,18H2,1-2H3,(H,30,36). The van der Waals surface area contributed by atoms with Crippen molar-refractivity contribution >= 4 is 44.1 Å². The molecule has 40 heavy (non-hydrogen) atoms. The number of hydrogen-bond acceptors (Lipinski definition) is 7. The Bertz CT molecular complexity index is 1790. The highest BCUT2D eigenvalue weighted by molar-refractivity contribution is 7.20. The molecular formula is C29H30N6O4S. The lowest BCUT2D eigenvalue weighted by atomic mass is 10.2. The van der Waals surface area contributed by atoms with Crippen LogP contribution in [0.4, 0.5) is 5.69 Å². The van der Waals surface area contributed by atoms with Gasteiger partial charge in [-0.05, 0) is 38.1 Å². The molecule has 1 amide bonds. The summed E-state index contributed by atoms with van der Waals surface area (Å²) in [6.07, 6.45) is 0. The molecule has 0 unspecified atom stereocenters. The van der Waals surface area contributed by atoms with E-state index in [2.05, 4.69) is 10.2 Å². The zero-order valence-electron chi connectivity index (χ0n) is 22.4. The molecule has 206 valence electrons. The van der Waals surface area contributed by atoms with Gasteiger partial charge in [-0.15, -0.1) is 0 Å². The van der Waals surface area contributed by atoms with Crippen molar-refractivity contribution in [3.63, 3.8) is 0 Å². The SMILES string of the molecule is Cc1ccc(NC(=O)Cn2c3cc(=O)n(CCN4CCOCC4)c(C)c3c(=O)n2-c2nc3ccccc3s2)cc1. The summed E-state index contributed by atoms with van der Waals surface area (Å²) in [5.74, 6) is -0.315. The topological polar surface area (TPSA) is 103 Å². The summed E-state index contributed by atoms with van der Waals surface area (Å²) in [6.45, 7) is 7.72. The average molecular weight is 559 g/mol. The molecule has 2 aromatic carbocycles. The zero-order valence-corrected chi connectivity index (χ0v) is 23.2. The number of anilines is 1. The molecule has 11 heteroatoms. The molecule has 0 saturated carbocycles. The van der Waals surface area contributed by atoms with Crippen molar-refractivity contribution < 1.29 is 9.53 Å². The van der Waals surface area contributed by atoms with E-state index < -0.39 is 0 Å². The first kappa shape index (κ1) is 26.2. The van der Waals surface area contributed by atoms with Crippen LogP contribution in [0.15, 0.2) is 64.2 Å². The molecule has 5 aromatic rings. The van der Waals surface area contributed by atoms with E-state index in [0.29, 0.717) is 53.7 Å². The molecule has 1 fully saturated rings. The van der Waals surface area contributed by atoms with Crippen LogP contribution in [0.1, 0.15) is 11.3 Å². The summed E-state index contributed by atoms with van der Waals surface area (Å²) >= 11 is 1.37. The number of rotatable bonds is 7. The second-order valence-corrected chi connectivity index (χ2v) is 11.0. The normalized spacial score (nSPS) is 14.2. The van der Waals surface area contributed by atoms with Crippen molar-refractivity contribution in [2.45, 2.75) is 26.9 Å². The first-order valence-electron chi connectivity index (χ1n) is 13.3. The highest BCUT2D eigenvalue weighted by Crippen LogP contribution is 2.26. The van der Waals surface area contributed by atoms with Gasteiger partial charge in [0, 0.05) is 43.6 Å². The maximum atomic E-state index is 14.0. The van der Waals surface area contributed by atoms with Crippen molar-refractivity contribution in [2.75, 3.05) is 38.2 Å². The highest BCUT2D eigenvalue weighted by atomic mass is 32.1. The lowest BCUT2D eigenvalue weighted by Crippen LogP contribution is -2.39. The predicted molar refractivity (Wildman–Crippen MR) is 157 cm³/mol. The summed E-state index contributed by atoms with van der Waals surface area (Å²) in [7, 11) is 0. The van der Waals surface area contributed by atoms with Crippen LogP contribution in [-0.4, -0.2) is 62.6 Å². The summed E-state index contributed by atoms with van der Waals surface area (Å²) in [5, 5.41) is 3.75. The Hall–Kier alpha value is -4.06. The molecule has 0 bridgehead atoms. The largest absolute Gasteiger partial charge is 0.379 e. The molecule has 4 heterocycles. The number of nitrogens with zero attached hydrogens (tertiary/aromatic N) is 5. The Morgan fingerprint density at radius 1 is 1.02 bits per heavy atom. The maximum Gasteiger partial charge on any atom is 0.283 e. The van der Waals surface area contributed by atoms with Crippen molar-refractivity contribution in [2.24, 2.45) is 0 Å². The number of aryl methyl sites for hydroxylation is 2. The van der Waals surface area contributed by atoms with E-state index in [1.165, 1.54) is 22.1 Å². The molecule has 0 radical (unpaired) electrons. The molecule has 1 saturated heterocycles. The van der Waals surface area contributed by atoms with Gasteiger partial charge < -0.3 is 14.6 Å². The molecule has 0 aliphatic carbocycles. The van der Waals surface area contributed by atoms with Gasteiger partial charge in [0.2, 0.25) is 11.0 Å². The number of para-hydroxylation sites is 1. The van der Waals surface area contributed by atoms with Crippen LogP contribution in [0, 0.1) is 13.8 Å². The van der Waals surface area contributed by atoms with Crippen LogP contribution in [0.25, 0.3) is 26.3 Å². The first-order valence-corrected chi connectivity index (χ1v) is 14.1. The molecule has 0 spiro atoms. The number of thiazole rings is 1. The maximum absolute atomic E-state index is 14.0. The number of aromatic nitrogens is 4. The number of hydrogen-bond donors (Lipinski definition) is 1. The van der Waals surface area contributed by atoms with Crippen LogP contribution < -0.4 is 16.4 Å². The summed E-state index contributed by atoms with van der Waals surface area (Å²) < 4.78 is 11.0. The predicted octanol–water partition coefficient (Wildman–Crippen LogP) is 3.15. The minimum atomic E-state index is -0.315. The van der Waals surface area contributed by atoms with Gasteiger partial charge in [-0.25, -0.2) is 4.98 Å². The lowest BCUT2D eigenvalue weighted by molar-refractivity contribution is -0.116. The van der Waals surface area contributed by atoms with E-state index in [4.69, 9.17) is 9.72 Å². The van der Waals surface area contributed by atoms with Gasteiger partial charge in [0.05, 0.1) is 34.3 Å². The van der Waals surface area contributed by atoms with Gasteiger partial charge in [-0.3, -0.25) is 24.0 Å². The number of carbonyl (C=O) groups excluding carboxylic acids is 1. The molecule has 0 atom stereocenters. The highest BCUT2D eigenvalue weighted by Gasteiger charge is 2.23. The van der Waals surface area contributed by atoms with Gasteiger partial charge in [0.1, 0.15) is 6.54 Å². The summed E-state index contributed by atoms with van der Waals surface area (Å²) in [5.41, 5.74) is 2.96. The zero-order chi connectivity index (χ0) is 27.8. The van der Waals surface area contributed by atoms with E-state index in [0.717, 1.165) is 28.9 Å². The number of pyridine rings is 1. The summed E-state index contributed by atoms with van der Waals surface area (Å²) in [4.78, 5) is 47.6. The third kappa shape index (κ3) is 4.99. The van der Waals surface area contributed by atoms with Crippen LogP contribution >= 0.6 is 11.3 Å². The Morgan fingerprint density at radius 3 is 2.52 bits per heavy atom. The van der Waals surface area contributed by atoms with Gasteiger partial charge in [0.15, 0.2) is 0 Å². The molecule has 6 rings (SSSR count).